The Morgan fingerprint density at radius 2 is 2.00 bits per heavy atom. The van der Waals surface area contributed by atoms with Crippen LogP contribution in [0.25, 0.3) is 5.82 Å². The second kappa shape index (κ2) is 6.29. The van der Waals surface area contributed by atoms with Gasteiger partial charge in [0.15, 0.2) is 0 Å². The van der Waals surface area contributed by atoms with Crippen molar-refractivity contribution in [3.8, 4) is 5.82 Å². The summed E-state index contributed by atoms with van der Waals surface area (Å²) in [6.45, 7) is 4.29. The summed E-state index contributed by atoms with van der Waals surface area (Å²) in [6, 6.07) is 4.78. The number of aromatic nitrogens is 3. The second-order valence-electron chi connectivity index (χ2n) is 6.02. The van der Waals surface area contributed by atoms with Crippen LogP contribution in [0.15, 0.2) is 30.7 Å². The molecule has 1 aliphatic carbocycles. The maximum atomic E-state index is 4.54. The monoisotopic (exact) mass is 284 g/mol. The van der Waals surface area contributed by atoms with E-state index in [-0.39, 0.29) is 0 Å². The standard InChI is InChI=1S/C17H24N4/c1-3-14-4-6-15(7-5-14)20-16-8-9-17(19-12-16)21-11-10-18-13(21)2/h8-12,14-15,20H,3-7H2,1-2H3. The fourth-order valence-corrected chi connectivity index (χ4v) is 3.18. The predicted molar refractivity (Wildman–Crippen MR) is 85.8 cm³/mol. The largest absolute Gasteiger partial charge is 0.381 e. The first-order chi connectivity index (χ1) is 10.3. The lowest BCUT2D eigenvalue weighted by Gasteiger charge is -2.29. The Kier molecular flexibility index (Phi) is 4.23. The molecule has 2 heterocycles. The molecule has 0 aromatic carbocycles. The van der Waals surface area contributed by atoms with E-state index in [4.69, 9.17) is 0 Å². The van der Waals surface area contributed by atoms with Crippen LogP contribution < -0.4 is 5.32 Å². The average molecular weight is 284 g/mol. The lowest BCUT2D eigenvalue weighted by Crippen LogP contribution is -2.25. The summed E-state index contributed by atoms with van der Waals surface area (Å²) in [6.07, 6.45) is 12.3. The molecule has 4 nitrogen and oxygen atoms in total. The van der Waals surface area contributed by atoms with E-state index in [1.165, 1.54) is 32.1 Å². The average Bonchev–Trinajstić information content (AvgIpc) is 2.95. The normalized spacial score (nSPS) is 22.2. The third kappa shape index (κ3) is 3.26. The van der Waals surface area contributed by atoms with Gasteiger partial charge in [-0.1, -0.05) is 13.3 Å². The van der Waals surface area contributed by atoms with Gasteiger partial charge >= 0.3 is 0 Å². The van der Waals surface area contributed by atoms with Crippen LogP contribution in [0.4, 0.5) is 5.69 Å². The van der Waals surface area contributed by atoms with Gasteiger partial charge < -0.3 is 5.32 Å². The molecule has 1 aliphatic rings. The quantitative estimate of drug-likeness (QED) is 0.924. The summed E-state index contributed by atoms with van der Waals surface area (Å²) in [5.74, 6) is 2.82. The fraction of sp³-hybridized carbons (Fsp3) is 0.529. The molecular weight excluding hydrogens is 260 g/mol. The van der Waals surface area contributed by atoms with E-state index >= 15 is 0 Å². The molecule has 1 fully saturated rings. The molecular formula is C17H24N4. The number of aryl methyl sites for hydroxylation is 1. The van der Waals surface area contributed by atoms with E-state index in [1.54, 1.807) is 6.20 Å². The summed E-state index contributed by atoms with van der Waals surface area (Å²) in [5.41, 5.74) is 1.12. The Hall–Kier alpha value is -1.84. The van der Waals surface area contributed by atoms with Crippen molar-refractivity contribution in [2.75, 3.05) is 5.32 Å². The van der Waals surface area contributed by atoms with Crippen molar-refractivity contribution in [1.29, 1.82) is 0 Å². The van der Waals surface area contributed by atoms with E-state index in [9.17, 15) is 0 Å². The Morgan fingerprint density at radius 1 is 1.19 bits per heavy atom. The van der Waals surface area contributed by atoms with Crippen LogP contribution in [0, 0.1) is 12.8 Å². The minimum absolute atomic E-state index is 0.607. The first-order valence-corrected chi connectivity index (χ1v) is 7.99. The molecule has 4 heteroatoms. The molecule has 2 aromatic heterocycles. The van der Waals surface area contributed by atoms with E-state index in [1.807, 2.05) is 23.9 Å². The Bertz CT molecular complexity index is 565. The van der Waals surface area contributed by atoms with Crippen molar-refractivity contribution in [2.45, 2.75) is 52.0 Å². The minimum Gasteiger partial charge on any atom is -0.381 e. The lowest BCUT2D eigenvalue weighted by molar-refractivity contribution is 0.330. The van der Waals surface area contributed by atoms with Crippen LogP contribution in [-0.4, -0.2) is 20.6 Å². The van der Waals surface area contributed by atoms with Crippen LogP contribution in [0.3, 0.4) is 0 Å². The number of hydrogen-bond acceptors (Lipinski definition) is 3. The highest BCUT2D eigenvalue weighted by molar-refractivity contribution is 5.44. The number of pyridine rings is 1. The molecule has 1 saturated carbocycles. The van der Waals surface area contributed by atoms with Crippen LogP contribution >= 0.6 is 0 Å². The van der Waals surface area contributed by atoms with Crippen molar-refractivity contribution < 1.29 is 0 Å². The van der Waals surface area contributed by atoms with Gasteiger partial charge in [0.05, 0.1) is 11.9 Å². The summed E-state index contributed by atoms with van der Waals surface area (Å²) >= 11 is 0. The minimum atomic E-state index is 0.607. The molecule has 0 saturated heterocycles. The van der Waals surface area contributed by atoms with Crippen molar-refractivity contribution in [3.63, 3.8) is 0 Å². The van der Waals surface area contributed by atoms with Gasteiger partial charge in [-0.2, -0.15) is 0 Å². The van der Waals surface area contributed by atoms with Gasteiger partial charge in [-0.05, 0) is 50.7 Å². The van der Waals surface area contributed by atoms with Gasteiger partial charge in [0.25, 0.3) is 0 Å². The van der Waals surface area contributed by atoms with Gasteiger partial charge in [0.2, 0.25) is 0 Å². The fourth-order valence-electron chi connectivity index (χ4n) is 3.18. The predicted octanol–water partition coefficient (Wildman–Crippen LogP) is 3.96. The van der Waals surface area contributed by atoms with E-state index in [2.05, 4.69) is 34.3 Å². The number of hydrogen-bond donors (Lipinski definition) is 1. The van der Waals surface area contributed by atoms with E-state index in [0.29, 0.717) is 6.04 Å². The zero-order valence-corrected chi connectivity index (χ0v) is 12.9. The Balaban J connectivity index is 1.62. The molecule has 0 amide bonds. The number of imidazole rings is 1. The topological polar surface area (TPSA) is 42.7 Å². The maximum Gasteiger partial charge on any atom is 0.138 e. The van der Waals surface area contributed by atoms with Crippen molar-refractivity contribution in [2.24, 2.45) is 5.92 Å². The third-order valence-electron chi connectivity index (χ3n) is 4.62. The SMILES string of the molecule is CCC1CCC(Nc2ccc(-n3ccnc3C)nc2)CC1. The van der Waals surface area contributed by atoms with Crippen molar-refractivity contribution in [3.05, 3.63) is 36.5 Å². The molecule has 3 rings (SSSR count). The lowest BCUT2D eigenvalue weighted by atomic mass is 9.84. The first kappa shape index (κ1) is 14.1. The third-order valence-corrected chi connectivity index (χ3v) is 4.62. The molecule has 112 valence electrons. The number of rotatable bonds is 4. The first-order valence-electron chi connectivity index (χ1n) is 7.99. The van der Waals surface area contributed by atoms with Gasteiger partial charge in [-0.25, -0.2) is 9.97 Å². The zero-order chi connectivity index (χ0) is 14.7. The number of nitrogens with zero attached hydrogens (tertiary/aromatic N) is 3. The van der Waals surface area contributed by atoms with Crippen LogP contribution in [-0.2, 0) is 0 Å². The second-order valence-corrected chi connectivity index (χ2v) is 6.02. The number of anilines is 1. The van der Waals surface area contributed by atoms with Crippen LogP contribution in [0.1, 0.15) is 44.9 Å². The summed E-state index contributed by atoms with van der Waals surface area (Å²) < 4.78 is 2.00. The molecule has 1 N–H and O–H groups in total. The van der Waals surface area contributed by atoms with E-state index in [0.717, 1.165) is 23.2 Å². The highest BCUT2D eigenvalue weighted by atomic mass is 15.1. The van der Waals surface area contributed by atoms with E-state index < -0.39 is 0 Å². The Morgan fingerprint density at radius 3 is 2.57 bits per heavy atom. The molecule has 21 heavy (non-hydrogen) atoms. The summed E-state index contributed by atoms with van der Waals surface area (Å²) in [7, 11) is 0. The number of nitrogens with one attached hydrogen (secondary N) is 1. The molecule has 0 aliphatic heterocycles. The highest BCUT2D eigenvalue weighted by Gasteiger charge is 2.19. The van der Waals surface area contributed by atoms with Gasteiger partial charge in [-0.3, -0.25) is 4.57 Å². The van der Waals surface area contributed by atoms with Gasteiger partial charge in [0, 0.05) is 18.4 Å². The molecule has 0 spiro atoms. The maximum absolute atomic E-state index is 4.54. The molecule has 2 aromatic rings. The molecule has 0 bridgehead atoms. The van der Waals surface area contributed by atoms with Crippen LogP contribution in [0.2, 0.25) is 0 Å². The van der Waals surface area contributed by atoms with Crippen LogP contribution in [0.5, 0.6) is 0 Å². The summed E-state index contributed by atoms with van der Waals surface area (Å²) in [4.78, 5) is 8.77. The highest BCUT2D eigenvalue weighted by Crippen LogP contribution is 2.28. The Labute approximate surface area is 126 Å². The molecule has 0 atom stereocenters. The van der Waals surface area contributed by atoms with Gasteiger partial charge in [0.1, 0.15) is 11.6 Å². The molecule has 0 unspecified atom stereocenters. The molecule has 0 radical (unpaired) electrons. The van der Waals surface area contributed by atoms with Crippen molar-refractivity contribution in [1.82, 2.24) is 14.5 Å². The van der Waals surface area contributed by atoms with Gasteiger partial charge in [-0.15, -0.1) is 0 Å². The smallest absolute Gasteiger partial charge is 0.138 e. The van der Waals surface area contributed by atoms with Crippen molar-refractivity contribution >= 4 is 5.69 Å². The zero-order valence-electron chi connectivity index (χ0n) is 12.9. The summed E-state index contributed by atoms with van der Waals surface area (Å²) in [5, 5.41) is 3.63.